The summed E-state index contributed by atoms with van der Waals surface area (Å²) in [5, 5.41) is 2.91. The number of fused-ring (bicyclic) bond motifs is 1. The summed E-state index contributed by atoms with van der Waals surface area (Å²) in [6, 6.07) is 8.92. The standard InChI is InChI=1S/C24H28N2O7S/c1-31-24(28)18-11-16(15-25-23(27)17-5-3-2-4-6-17)12-19(13-18)26-34(29,30)20-7-8-21-22(14-20)33-10-9-32-21/h7-8,11-14,17,26H,2-6,9-10,15H2,1H3,(H,25,27). The number of hydrogen-bond acceptors (Lipinski definition) is 7. The van der Waals surface area contributed by atoms with Crippen LogP contribution in [0.3, 0.4) is 0 Å². The van der Waals surface area contributed by atoms with E-state index < -0.39 is 16.0 Å². The van der Waals surface area contributed by atoms with Gasteiger partial charge in [0, 0.05) is 18.5 Å². The minimum atomic E-state index is -3.99. The van der Waals surface area contributed by atoms with Gasteiger partial charge in [0.05, 0.1) is 23.3 Å². The number of carbonyl (C=O) groups excluding carboxylic acids is 2. The van der Waals surface area contributed by atoms with E-state index in [1.54, 1.807) is 18.2 Å². The third-order valence-electron chi connectivity index (χ3n) is 5.93. The summed E-state index contributed by atoms with van der Waals surface area (Å²) in [5.74, 6) is 0.185. The highest BCUT2D eigenvalue weighted by Crippen LogP contribution is 2.33. The normalized spacial score (nSPS) is 15.9. The molecular weight excluding hydrogens is 460 g/mol. The lowest BCUT2D eigenvalue weighted by Crippen LogP contribution is -2.31. The number of methoxy groups -OCH3 is 1. The van der Waals surface area contributed by atoms with Crippen LogP contribution >= 0.6 is 0 Å². The van der Waals surface area contributed by atoms with E-state index in [0.29, 0.717) is 30.3 Å². The monoisotopic (exact) mass is 488 g/mol. The Labute approximate surface area is 198 Å². The molecule has 0 saturated heterocycles. The van der Waals surface area contributed by atoms with Gasteiger partial charge in [-0.3, -0.25) is 9.52 Å². The second-order valence-corrected chi connectivity index (χ2v) is 10.1. The SMILES string of the molecule is COC(=O)c1cc(CNC(=O)C2CCCCC2)cc(NS(=O)(=O)c2ccc3c(c2)OCCO3)c1. The van der Waals surface area contributed by atoms with Crippen LogP contribution in [0.25, 0.3) is 0 Å². The molecule has 0 atom stereocenters. The zero-order chi connectivity index (χ0) is 24.1. The maximum atomic E-state index is 13.0. The predicted molar refractivity (Wildman–Crippen MR) is 124 cm³/mol. The molecular formula is C24H28N2O7S. The molecule has 9 nitrogen and oxygen atoms in total. The number of hydrogen-bond donors (Lipinski definition) is 2. The molecule has 182 valence electrons. The van der Waals surface area contributed by atoms with Crippen molar-refractivity contribution >= 4 is 27.6 Å². The topological polar surface area (TPSA) is 120 Å². The average Bonchev–Trinajstić information content (AvgIpc) is 2.86. The lowest BCUT2D eigenvalue weighted by Gasteiger charge is -2.21. The Balaban J connectivity index is 1.54. The van der Waals surface area contributed by atoms with Crippen LogP contribution in [0.15, 0.2) is 41.3 Å². The van der Waals surface area contributed by atoms with Gasteiger partial charge in [-0.05, 0) is 48.7 Å². The van der Waals surface area contributed by atoms with Crippen LogP contribution in [-0.4, -0.2) is 40.6 Å². The van der Waals surface area contributed by atoms with Gasteiger partial charge in [0.25, 0.3) is 10.0 Å². The Hall–Kier alpha value is -3.27. The fourth-order valence-corrected chi connectivity index (χ4v) is 5.25. The maximum absolute atomic E-state index is 13.0. The molecule has 0 unspecified atom stereocenters. The van der Waals surface area contributed by atoms with E-state index in [1.807, 2.05) is 0 Å². The Bertz CT molecular complexity index is 1170. The van der Waals surface area contributed by atoms with Crippen molar-refractivity contribution < 1.29 is 32.2 Å². The number of rotatable bonds is 7. The molecule has 34 heavy (non-hydrogen) atoms. The van der Waals surface area contributed by atoms with E-state index in [0.717, 1.165) is 32.1 Å². The van der Waals surface area contributed by atoms with Gasteiger partial charge in [-0.2, -0.15) is 0 Å². The maximum Gasteiger partial charge on any atom is 0.337 e. The van der Waals surface area contributed by atoms with Gasteiger partial charge in [0.15, 0.2) is 11.5 Å². The molecule has 0 bridgehead atoms. The van der Waals surface area contributed by atoms with E-state index in [4.69, 9.17) is 14.2 Å². The molecule has 1 heterocycles. The van der Waals surface area contributed by atoms with Crippen molar-refractivity contribution in [1.82, 2.24) is 5.32 Å². The van der Waals surface area contributed by atoms with Crippen LogP contribution < -0.4 is 19.5 Å². The van der Waals surface area contributed by atoms with E-state index in [-0.39, 0.29) is 34.5 Å². The Morgan fingerprint density at radius 1 is 1.00 bits per heavy atom. The van der Waals surface area contributed by atoms with Gasteiger partial charge in [0.2, 0.25) is 5.91 Å². The highest BCUT2D eigenvalue weighted by Gasteiger charge is 2.22. The third kappa shape index (κ3) is 5.61. The highest BCUT2D eigenvalue weighted by atomic mass is 32.2. The number of ether oxygens (including phenoxy) is 3. The number of anilines is 1. The van der Waals surface area contributed by atoms with Gasteiger partial charge in [-0.25, -0.2) is 13.2 Å². The van der Waals surface area contributed by atoms with Gasteiger partial charge in [0.1, 0.15) is 13.2 Å². The fourth-order valence-electron chi connectivity index (χ4n) is 4.19. The number of sulfonamides is 1. The summed E-state index contributed by atoms with van der Waals surface area (Å²) in [6.07, 6.45) is 4.98. The van der Waals surface area contributed by atoms with Crippen LogP contribution in [0.4, 0.5) is 5.69 Å². The summed E-state index contributed by atoms with van der Waals surface area (Å²) in [6.45, 7) is 0.900. The molecule has 1 aliphatic heterocycles. The van der Waals surface area contributed by atoms with Gasteiger partial charge < -0.3 is 19.5 Å². The van der Waals surface area contributed by atoms with Crippen molar-refractivity contribution in [2.75, 3.05) is 25.0 Å². The molecule has 1 aliphatic carbocycles. The Morgan fingerprint density at radius 2 is 1.74 bits per heavy atom. The first-order valence-corrected chi connectivity index (χ1v) is 12.8. The fraction of sp³-hybridized carbons (Fsp3) is 0.417. The molecule has 1 amide bonds. The van der Waals surface area contributed by atoms with E-state index in [9.17, 15) is 18.0 Å². The van der Waals surface area contributed by atoms with E-state index in [2.05, 4.69) is 10.0 Å². The van der Waals surface area contributed by atoms with Crippen LogP contribution in [0, 0.1) is 5.92 Å². The molecule has 2 N–H and O–H groups in total. The zero-order valence-corrected chi connectivity index (χ0v) is 19.8. The molecule has 4 rings (SSSR count). The summed E-state index contributed by atoms with van der Waals surface area (Å²) < 4.78 is 44.3. The minimum absolute atomic E-state index is 0.00706. The van der Waals surface area contributed by atoms with Crippen LogP contribution in [0.2, 0.25) is 0 Å². The zero-order valence-electron chi connectivity index (χ0n) is 19.0. The van der Waals surface area contributed by atoms with Crippen molar-refractivity contribution in [3.8, 4) is 11.5 Å². The second kappa shape index (κ2) is 10.3. The van der Waals surface area contributed by atoms with Crippen molar-refractivity contribution in [2.45, 2.75) is 43.5 Å². The first-order chi connectivity index (χ1) is 16.4. The number of benzene rings is 2. The van der Waals surface area contributed by atoms with E-state index >= 15 is 0 Å². The van der Waals surface area contributed by atoms with Crippen molar-refractivity contribution in [1.29, 1.82) is 0 Å². The van der Waals surface area contributed by atoms with Crippen LogP contribution in [-0.2, 0) is 26.1 Å². The summed E-state index contributed by atoms with van der Waals surface area (Å²) in [7, 11) is -2.74. The van der Waals surface area contributed by atoms with Gasteiger partial charge in [-0.15, -0.1) is 0 Å². The number of carbonyl (C=O) groups is 2. The molecule has 10 heteroatoms. The molecule has 2 aromatic rings. The van der Waals surface area contributed by atoms with Crippen LogP contribution in [0.1, 0.15) is 48.0 Å². The van der Waals surface area contributed by atoms with Crippen molar-refractivity contribution in [3.63, 3.8) is 0 Å². The third-order valence-corrected chi connectivity index (χ3v) is 7.31. The van der Waals surface area contributed by atoms with Gasteiger partial charge >= 0.3 is 5.97 Å². The molecule has 2 aliphatic rings. The summed E-state index contributed by atoms with van der Waals surface area (Å²) in [5.41, 5.74) is 0.929. The molecule has 0 radical (unpaired) electrons. The van der Waals surface area contributed by atoms with Gasteiger partial charge in [-0.1, -0.05) is 19.3 Å². The minimum Gasteiger partial charge on any atom is -0.486 e. The van der Waals surface area contributed by atoms with Crippen molar-refractivity contribution in [3.05, 3.63) is 47.5 Å². The Morgan fingerprint density at radius 3 is 2.47 bits per heavy atom. The number of esters is 1. The molecule has 2 aromatic carbocycles. The molecule has 1 saturated carbocycles. The Kier molecular flexibility index (Phi) is 7.26. The quantitative estimate of drug-likeness (QED) is 0.574. The lowest BCUT2D eigenvalue weighted by atomic mass is 9.88. The summed E-state index contributed by atoms with van der Waals surface area (Å²) in [4.78, 5) is 24.7. The lowest BCUT2D eigenvalue weighted by molar-refractivity contribution is -0.126. The average molecular weight is 489 g/mol. The molecule has 1 fully saturated rings. The highest BCUT2D eigenvalue weighted by molar-refractivity contribution is 7.92. The molecule has 0 aromatic heterocycles. The predicted octanol–water partition coefficient (Wildman–Crippen LogP) is 3.24. The molecule has 0 spiro atoms. The van der Waals surface area contributed by atoms with Crippen molar-refractivity contribution in [2.24, 2.45) is 5.92 Å². The van der Waals surface area contributed by atoms with E-state index in [1.165, 1.54) is 25.3 Å². The smallest absolute Gasteiger partial charge is 0.337 e. The largest absolute Gasteiger partial charge is 0.486 e. The number of amides is 1. The first kappa shape index (κ1) is 23.9. The van der Waals surface area contributed by atoms with Crippen LogP contribution in [0.5, 0.6) is 11.5 Å². The second-order valence-electron chi connectivity index (χ2n) is 8.37. The first-order valence-electron chi connectivity index (χ1n) is 11.3. The summed E-state index contributed by atoms with van der Waals surface area (Å²) >= 11 is 0. The number of nitrogens with one attached hydrogen (secondary N) is 2.